The first-order chi connectivity index (χ1) is 21.2. The smallest absolute Gasteiger partial charge is 0.356 e. The molecule has 3 N–H and O–H groups in total. The molecule has 0 saturated carbocycles. The number of hydrogen-bond acceptors (Lipinski definition) is 8. The first-order valence-electron chi connectivity index (χ1n) is 14.6. The molecule has 1 aromatic heterocycles. The molecule has 45 heavy (non-hydrogen) atoms. The van der Waals surface area contributed by atoms with Crippen molar-refractivity contribution in [2.45, 2.75) is 63.6 Å². The number of alkyl halides is 3. The van der Waals surface area contributed by atoms with E-state index in [1.54, 1.807) is 21.9 Å². The van der Waals surface area contributed by atoms with Gasteiger partial charge in [-0.15, -0.1) is 0 Å². The highest BCUT2D eigenvalue weighted by Gasteiger charge is 2.39. The van der Waals surface area contributed by atoms with Crippen molar-refractivity contribution in [3.05, 3.63) is 45.7 Å². The van der Waals surface area contributed by atoms with Crippen LogP contribution in [0.15, 0.2) is 24.3 Å². The van der Waals surface area contributed by atoms with Crippen LogP contribution in [0.5, 0.6) is 0 Å². The second-order valence-corrected chi connectivity index (χ2v) is 13.4. The van der Waals surface area contributed by atoms with Gasteiger partial charge in [0.05, 0.1) is 10.0 Å². The van der Waals surface area contributed by atoms with E-state index < -0.39 is 39.9 Å². The fraction of sp³-hybridized carbons (Fsp3) is 0.571. The van der Waals surface area contributed by atoms with Crippen LogP contribution in [0.25, 0.3) is 0 Å². The summed E-state index contributed by atoms with van der Waals surface area (Å²) >= 11 is 12.3. The standard InChI is InChI=1S/C28H35Cl2F3N6O5S/c29-20-6-2-5-19(25(20)30)9-12-34-26(41)21-7-3-13-39(21)23-16-22(36-27(37-23)28(31,32)33)38-14-10-18(11-15-38)4-1-8-24(40)35-17-45(42,43)44/h2,5-6,16,18,21H,1,3-4,7-15,17H2,(H,34,41)(H,35,40)(H,42,43,44). The molecule has 0 radical (unpaired) electrons. The lowest BCUT2D eigenvalue weighted by Gasteiger charge is -2.34. The minimum atomic E-state index is -4.79. The SMILES string of the molecule is O=C(CCCC1CCN(c2cc(N3CCCC3C(=O)NCCc3cccc(Cl)c3Cl)nc(C(F)(F)F)n2)CC1)NCS(=O)(=O)O. The number of halogens is 5. The Morgan fingerprint density at radius 1 is 1.04 bits per heavy atom. The number of aromatic nitrogens is 2. The Labute approximate surface area is 269 Å². The van der Waals surface area contributed by atoms with Gasteiger partial charge in [-0.3, -0.25) is 14.1 Å². The molecule has 11 nitrogen and oxygen atoms in total. The maximum absolute atomic E-state index is 13.9. The van der Waals surface area contributed by atoms with E-state index in [0.29, 0.717) is 74.6 Å². The zero-order valence-corrected chi connectivity index (χ0v) is 26.7. The van der Waals surface area contributed by atoms with Crippen LogP contribution in [0.3, 0.4) is 0 Å². The lowest BCUT2D eigenvalue weighted by atomic mass is 9.91. The number of anilines is 2. The topological polar surface area (TPSA) is 145 Å². The number of nitrogens with one attached hydrogen (secondary N) is 2. The Kier molecular flexibility index (Phi) is 11.8. The molecule has 17 heteroatoms. The molecule has 248 valence electrons. The first kappa shape index (κ1) is 35.0. The first-order valence-corrected chi connectivity index (χ1v) is 17.0. The number of carbonyl (C=O) groups is 2. The highest BCUT2D eigenvalue weighted by atomic mass is 35.5. The summed E-state index contributed by atoms with van der Waals surface area (Å²) in [6, 6.07) is 6.05. The Morgan fingerprint density at radius 3 is 2.44 bits per heavy atom. The third-order valence-corrected chi connectivity index (χ3v) is 9.30. The van der Waals surface area contributed by atoms with Gasteiger partial charge < -0.3 is 20.4 Å². The van der Waals surface area contributed by atoms with E-state index in [1.807, 2.05) is 6.07 Å². The second-order valence-electron chi connectivity index (χ2n) is 11.2. The average Bonchev–Trinajstić information content (AvgIpc) is 3.48. The van der Waals surface area contributed by atoms with Crippen molar-refractivity contribution < 1.29 is 35.7 Å². The normalized spacial score (nSPS) is 17.9. The van der Waals surface area contributed by atoms with Crippen molar-refractivity contribution in [3.63, 3.8) is 0 Å². The van der Waals surface area contributed by atoms with Crippen molar-refractivity contribution in [1.82, 2.24) is 20.6 Å². The van der Waals surface area contributed by atoms with Gasteiger partial charge in [-0.05, 0) is 62.5 Å². The summed E-state index contributed by atoms with van der Waals surface area (Å²) in [6.07, 6.45) is -0.664. The molecular formula is C28H35Cl2F3N6O5S. The van der Waals surface area contributed by atoms with Crippen LogP contribution in [-0.4, -0.2) is 72.9 Å². The van der Waals surface area contributed by atoms with E-state index in [4.69, 9.17) is 27.8 Å². The predicted octanol–water partition coefficient (Wildman–Crippen LogP) is 4.48. The molecule has 0 spiro atoms. The summed E-state index contributed by atoms with van der Waals surface area (Å²) < 4.78 is 71.9. The molecule has 2 amide bonds. The number of piperidine rings is 1. The summed E-state index contributed by atoms with van der Waals surface area (Å²) in [5.74, 6) is -2.50. The fourth-order valence-electron chi connectivity index (χ4n) is 5.61. The molecular weight excluding hydrogens is 660 g/mol. The molecule has 3 heterocycles. The van der Waals surface area contributed by atoms with E-state index in [-0.39, 0.29) is 36.4 Å². The molecule has 1 atom stereocenters. The number of nitrogens with zero attached hydrogens (tertiary/aromatic N) is 4. The molecule has 0 bridgehead atoms. The Hall–Kier alpha value is -2.88. The molecule has 2 aromatic rings. The van der Waals surface area contributed by atoms with Gasteiger partial charge in [0.25, 0.3) is 10.1 Å². The highest BCUT2D eigenvalue weighted by Crippen LogP contribution is 2.34. The molecule has 0 aliphatic carbocycles. The third kappa shape index (κ3) is 10.1. The Morgan fingerprint density at radius 2 is 1.76 bits per heavy atom. The second kappa shape index (κ2) is 15.1. The third-order valence-electron chi connectivity index (χ3n) is 7.93. The number of rotatable bonds is 12. The lowest BCUT2D eigenvalue weighted by Crippen LogP contribution is -2.44. The van der Waals surface area contributed by atoms with Gasteiger partial charge in [0, 0.05) is 38.7 Å². The van der Waals surface area contributed by atoms with Crippen molar-refractivity contribution in [2.75, 3.05) is 41.9 Å². The monoisotopic (exact) mass is 694 g/mol. The summed E-state index contributed by atoms with van der Waals surface area (Å²) in [7, 11) is -4.29. The average molecular weight is 696 g/mol. The van der Waals surface area contributed by atoms with E-state index >= 15 is 0 Å². The van der Waals surface area contributed by atoms with Crippen LogP contribution in [0.1, 0.15) is 56.3 Å². The van der Waals surface area contributed by atoms with Crippen LogP contribution in [0, 0.1) is 5.92 Å². The van der Waals surface area contributed by atoms with Crippen LogP contribution < -0.4 is 20.4 Å². The van der Waals surface area contributed by atoms with Crippen LogP contribution in [-0.2, 0) is 32.3 Å². The maximum Gasteiger partial charge on any atom is 0.451 e. The molecule has 2 saturated heterocycles. The number of amides is 2. The van der Waals surface area contributed by atoms with Crippen LogP contribution in [0.2, 0.25) is 10.0 Å². The molecule has 2 aliphatic rings. The van der Waals surface area contributed by atoms with E-state index in [9.17, 15) is 31.2 Å². The zero-order valence-electron chi connectivity index (χ0n) is 24.3. The van der Waals surface area contributed by atoms with Crippen molar-refractivity contribution >= 4 is 56.8 Å². The largest absolute Gasteiger partial charge is 0.451 e. The van der Waals surface area contributed by atoms with E-state index in [2.05, 4.69) is 20.6 Å². The van der Waals surface area contributed by atoms with Gasteiger partial charge in [-0.25, -0.2) is 9.97 Å². The van der Waals surface area contributed by atoms with Crippen LogP contribution in [0.4, 0.5) is 24.8 Å². The number of carbonyl (C=O) groups excluding carboxylic acids is 2. The fourth-order valence-corrected chi connectivity index (χ4v) is 6.37. The van der Waals surface area contributed by atoms with Crippen LogP contribution >= 0.6 is 23.2 Å². The molecule has 1 aromatic carbocycles. The minimum absolute atomic E-state index is 0.0425. The zero-order chi connectivity index (χ0) is 32.8. The van der Waals surface area contributed by atoms with Crippen molar-refractivity contribution in [3.8, 4) is 0 Å². The number of benzene rings is 1. The Bertz CT molecular complexity index is 1480. The number of hydrogen-bond donors (Lipinski definition) is 3. The predicted molar refractivity (Wildman–Crippen MR) is 164 cm³/mol. The lowest BCUT2D eigenvalue weighted by molar-refractivity contribution is -0.144. The van der Waals surface area contributed by atoms with Gasteiger partial charge in [-0.1, -0.05) is 35.3 Å². The van der Waals surface area contributed by atoms with Gasteiger partial charge in [-0.2, -0.15) is 21.6 Å². The molecule has 1 unspecified atom stereocenters. The molecule has 2 fully saturated rings. The van der Waals surface area contributed by atoms with Gasteiger partial charge >= 0.3 is 6.18 Å². The molecule has 4 rings (SSSR count). The van der Waals surface area contributed by atoms with Gasteiger partial charge in [0.15, 0.2) is 0 Å². The summed E-state index contributed by atoms with van der Waals surface area (Å²) in [6.45, 7) is 1.54. The van der Waals surface area contributed by atoms with Crippen molar-refractivity contribution in [2.24, 2.45) is 5.92 Å². The van der Waals surface area contributed by atoms with E-state index in [0.717, 1.165) is 5.56 Å². The van der Waals surface area contributed by atoms with Gasteiger partial charge in [0.1, 0.15) is 23.6 Å². The quantitative estimate of drug-likeness (QED) is 0.274. The van der Waals surface area contributed by atoms with Gasteiger partial charge in [0.2, 0.25) is 17.6 Å². The maximum atomic E-state index is 13.9. The van der Waals surface area contributed by atoms with E-state index in [1.165, 1.54) is 6.07 Å². The minimum Gasteiger partial charge on any atom is -0.356 e. The van der Waals surface area contributed by atoms with Crippen molar-refractivity contribution in [1.29, 1.82) is 0 Å². The summed E-state index contributed by atoms with van der Waals surface area (Å²) in [4.78, 5) is 35.9. The summed E-state index contributed by atoms with van der Waals surface area (Å²) in [5.41, 5.74) is 0.771. The highest BCUT2D eigenvalue weighted by molar-refractivity contribution is 7.85. The summed E-state index contributed by atoms with van der Waals surface area (Å²) in [5, 5.41) is 5.82. The molecule has 2 aliphatic heterocycles. The Balaban J connectivity index is 1.36.